The van der Waals surface area contributed by atoms with Gasteiger partial charge in [0.15, 0.2) is 5.84 Å². The molecular formula is C64H41N3O2S3. The number of fused-ring (bicyclic) bond motifs is 13. The second-order valence-corrected chi connectivity index (χ2v) is 21.4. The number of allylic oxidation sites excluding steroid dienone is 2. The van der Waals surface area contributed by atoms with Crippen molar-refractivity contribution in [3.8, 4) is 0 Å². The number of hydrogen-bond acceptors (Lipinski definition) is 6. The van der Waals surface area contributed by atoms with Crippen molar-refractivity contribution in [1.82, 2.24) is 0 Å². The number of para-hydroxylation sites is 1. The molecule has 0 aliphatic rings. The van der Waals surface area contributed by atoms with E-state index in [2.05, 4.69) is 164 Å². The number of thiophene rings is 3. The van der Waals surface area contributed by atoms with Crippen LogP contribution in [0.2, 0.25) is 0 Å². The largest absolute Gasteiger partial charge is 0.461 e. The summed E-state index contributed by atoms with van der Waals surface area (Å²) in [4.78, 5) is 10.5. The zero-order chi connectivity index (χ0) is 48.0. The van der Waals surface area contributed by atoms with Gasteiger partial charge in [-0.25, -0.2) is 4.99 Å². The summed E-state index contributed by atoms with van der Waals surface area (Å²) < 4.78 is 20.6. The third-order valence-electron chi connectivity index (χ3n) is 14.0. The minimum absolute atomic E-state index is 0.347. The average molecular weight is 980 g/mol. The molecule has 0 spiro atoms. The molecule has 72 heavy (non-hydrogen) atoms. The van der Waals surface area contributed by atoms with Crippen molar-refractivity contribution in [2.24, 2.45) is 15.7 Å². The zero-order valence-electron chi connectivity index (χ0n) is 38.9. The molecule has 5 aromatic heterocycles. The van der Waals surface area contributed by atoms with E-state index in [4.69, 9.17) is 24.6 Å². The topological polar surface area (TPSA) is 77.0 Å². The number of hydrogen-bond donors (Lipinski definition) is 1. The van der Waals surface area contributed by atoms with Crippen LogP contribution in [0.4, 0.5) is 0 Å². The van der Waals surface area contributed by atoms with E-state index in [1.165, 1.54) is 60.5 Å². The number of aliphatic imine (C=N–C) groups is 2. The SMILES string of the molecule is C=C/C(=C(/c1ccc2oc3cccc(C(N)=NC(=NCc4ccc5c(c4)sc4ccccc45)c4ccc5c(c4)sc4ccccc45)c3c2c1)c1c(C)oc2ccccc12)c1ccc2c(c1)sc1ccccc12. The van der Waals surface area contributed by atoms with Crippen molar-refractivity contribution in [2.75, 3.05) is 0 Å². The van der Waals surface area contributed by atoms with Crippen LogP contribution < -0.4 is 5.73 Å². The molecule has 0 amide bonds. The number of amidine groups is 2. The van der Waals surface area contributed by atoms with Gasteiger partial charge in [-0.3, -0.25) is 4.99 Å². The first-order chi connectivity index (χ1) is 35.4. The Balaban J connectivity index is 0.936. The van der Waals surface area contributed by atoms with Crippen LogP contribution in [-0.4, -0.2) is 11.7 Å². The lowest BCUT2D eigenvalue weighted by molar-refractivity contribution is 0.577. The van der Waals surface area contributed by atoms with Gasteiger partial charge in [0.25, 0.3) is 0 Å². The van der Waals surface area contributed by atoms with Gasteiger partial charge in [-0.15, -0.1) is 34.0 Å². The Morgan fingerprint density at radius 3 is 1.72 bits per heavy atom. The summed E-state index contributed by atoms with van der Waals surface area (Å²) in [5.41, 5.74) is 17.4. The first kappa shape index (κ1) is 42.5. The van der Waals surface area contributed by atoms with E-state index >= 15 is 0 Å². The molecule has 0 saturated heterocycles. The van der Waals surface area contributed by atoms with Crippen molar-refractivity contribution in [2.45, 2.75) is 13.5 Å². The average Bonchev–Trinajstić information content (AvgIpc) is 4.24. The van der Waals surface area contributed by atoms with Gasteiger partial charge >= 0.3 is 0 Å². The molecule has 0 aliphatic carbocycles. The number of benzene rings is 9. The molecule has 5 heterocycles. The van der Waals surface area contributed by atoms with Crippen LogP contribution in [0.3, 0.4) is 0 Å². The molecule has 9 aromatic carbocycles. The van der Waals surface area contributed by atoms with Crippen molar-refractivity contribution in [1.29, 1.82) is 0 Å². The van der Waals surface area contributed by atoms with Crippen LogP contribution in [0, 0.1) is 6.92 Å². The Kier molecular flexibility index (Phi) is 9.96. The lowest BCUT2D eigenvalue weighted by Gasteiger charge is -2.15. The molecule has 5 nitrogen and oxygen atoms in total. The Morgan fingerprint density at radius 2 is 1.04 bits per heavy atom. The van der Waals surface area contributed by atoms with E-state index < -0.39 is 0 Å². The molecule has 342 valence electrons. The van der Waals surface area contributed by atoms with Crippen LogP contribution >= 0.6 is 34.0 Å². The fourth-order valence-electron chi connectivity index (χ4n) is 10.6. The van der Waals surface area contributed by atoms with Gasteiger partial charge in [-0.1, -0.05) is 140 Å². The Hall–Kier alpha value is -8.40. The van der Waals surface area contributed by atoms with Gasteiger partial charge in [-0.05, 0) is 89.9 Å². The molecule has 0 saturated carbocycles. The molecule has 0 bridgehead atoms. The highest BCUT2D eigenvalue weighted by Crippen LogP contribution is 2.44. The quantitative estimate of drug-likeness (QED) is 0.0713. The van der Waals surface area contributed by atoms with Crippen molar-refractivity contribution < 1.29 is 8.83 Å². The minimum Gasteiger partial charge on any atom is -0.461 e. The first-order valence-corrected chi connectivity index (χ1v) is 26.3. The Morgan fingerprint density at radius 1 is 0.500 bits per heavy atom. The number of nitrogens with two attached hydrogens (primary N) is 1. The fraction of sp³-hybridized carbons (Fsp3) is 0.0312. The molecule has 2 N–H and O–H groups in total. The molecule has 0 radical (unpaired) electrons. The maximum atomic E-state index is 7.28. The molecule has 0 aliphatic heterocycles. The second kappa shape index (κ2) is 16.9. The monoisotopic (exact) mass is 979 g/mol. The zero-order valence-corrected chi connectivity index (χ0v) is 41.4. The van der Waals surface area contributed by atoms with Crippen LogP contribution in [0.15, 0.2) is 220 Å². The second-order valence-electron chi connectivity index (χ2n) is 18.2. The summed E-state index contributed by atoms with van der Waals surface area (Å²) in [5, 5.41) is 10.3. The van der Waals surface area contributed by atoms with Gasteiger partial charge in [0.2, 0.25) is 0 Å². The summed E-state index contributed by atoms with van der Waals surface area (Å²) in [7, 11) is 0. The highest BCUT2D eigenvalue weighted by atomic mass is 32.1. The van der Waals surface area contributed by atoms with Gasteiger partial charge in [0.1, 0.15) is 28.3 Å². The Labute approximate surface area is 425 Å². The normalized spacial score (nSPS) is 13.1. The van der Waals surface area contributed by atoms with Crippen molar-refractivity contribution in [3.05, 3.63) is 240 Å². The summed E-state index contributed by atoms with van der Waals surface area (Å²) in [6, 6.07) is 66.4. The highest BCUT2D eigenvalue weighted by molar-refractivity contribution is 7.26. The predicted octanol–water partition coefficient (Wildman–Crippen LogP) is 18.2. The van der Waals surface area contributed by atoms with E-state index in [9.17, 15) is 0 Å². The van der Waals surface area contributed by atoms with E-state index in [-0.39, 0.29) is 0 Å². The molecule has 0 atom stereocenters. The predicted molar refractivity (Wildman–Crippen MR) is 310 cm³/mol. The molecule has 8 heteroatoms. The fourth-order valence-corrected chi connectivity index (χ4v) is 14.1. The smallest absolute Gasteiger partial charge is 0.157 e. The Bertz CT molecular complexity index is 4670. The molecular weight excluding hydrogens is 939 g/mol. The third-order valence-corrected chi connectivity index (χ3v) is 17.4. The van der Waals surface area contributed by atoms with Gasteiger partial charge in [0, 0.05) is 98.9 Å². The van der Waals surface area contributed by atoms with Crippen LogP contribution in [0.5, 0.6) is 0 Å². The van der Waals surface area contributed by atoms with Gasteiger partial charge in [0.05, 0.1) is 6.54 Å². The number of rotatable bonds is 8. The highest BCUT2D eigenvalue weighted by Gasteiger charge is 2.23. The van der Waals surface area contributed by atoms with Gasteiger partial charge in [-0.2, -0.15) is 0 Å². The van der Waals surface area contributed by atoms with Crippen LogP contribution in [0.1, 0.15) is 39.1 Å². The van der Waals surface area contributed by atoms with E-state index in [0.717, 1.165) is 77.6 Å². The van der Waals surface area contributed by atoms with Crippen LogP contribution in [-0.2, 0) is 6.54 Å². The van der Waals surface area contributed by atoms with Crippen molar-refractivity contribution in [3.63, 3.8) is 0 Å². The third kappa shape index (κ3) is 6.94. The molecule has 0 unspecified atom stereocenters. The van der Waals surface area contributed by atoms with Crippen molar-refractivity contribution >= 4 is 150 Å². The van der Waals surface area contributed by atoms with E-state index in [1.807, 2.05) is 66.0 Å². The summed E-state index contributed by atoms with van der Waals surface area (Å²) in [6.45, 7) is 6.94. The minimum atomic E-state index is 0.347. The molecule has 14 aromatic rings. The maximum absolute atomic E-state index is 7.28. The van der Waals surface area contributed by atoms with E-state index in [0.29, 0.717) is 23.8 Å². The maximum Gasteiger partial charge on any atom is 0.157 e. The van der Waals surface area contributed by atoms with E-state index in [1.54, 1.807) is 11.3 Å². The number of nitrogens with zero attached hydrogens (tertiary/aromatic N) is 2. The number of aryl methyl sites for hydroxylation is 1. The number of furan rings is 2. The first-order valence-electron chi connectivity index (χ1n) is 23.9. The molecule has 14 rings (SSSR count). The van der Waals surface area contributed by atoms with Crippen LogP contribution in [0.25, 0.3) is 105 Å². The van der Waals surface area contributed by atoms with Gasteiger partial charge < -0.3 is 14.6 Å². The molecule has 0 fully saturated rings. The lowest BCUT2D eigenvalue weighted by Crippen LogP contribution is -2.17. The standard InChI is InChI=1S/C64H41N3O2S3/c1-3-41(38-24-28-46-43-14-6-10-21-55(43)71-58(46)33-38)61(60-36(2)68-51-18-8-4-16-48(51)60)39-26-30-52-50(32-39)62-49(17-12-19-53(62)69-52)63(65)67-64(40-25-29-47-44-15-7-11-22-56(44)72-59(47)34-40)66-35-37-23-27-45-42-13-5-9-20-54(42)70-57(45)31-37/h3-34H,1,35H2,2H3,(H2,65,66,67)/b61-41+. The summed E-state index contributed by atoms with van der Waals surface area (Å²) >= 11 is 5.40. The summed E-state index contributed by atoms with van der Waals surface area (Å²) in [5.74, 6) is 1.74. The lowest BCUT2D eigenvalue weighted by atomic mass is 9.87. The summed E-state index contributed by atoms with van der Waals surface area (Å²) in [6.07, 6.45) is 1.98.